The topological polar surface area (TPSA) is 36.9 Å². The van der Waals surface area contributed by atoms with E-state index in [1.165, 1.54) is 77.9 Å². The van der Waals surface area contributed by atoms with Crippen LogP contribution < -0.4 is 18.9 Å². The normalized spacial score (nSPS) is 13.5. The van der Waals surface area contributed by atoms with E-state index in [1.807, 2.05) is 0 Å². The van der Waals surface area contributed by atoms with Crippen LogP contribution in [0.1, 0.15) is 143 Å². The van der Waals surface area contributed by atoms with Gasteiger partial charge in [0, 0.05) is 37.5 Å². The number of hydrogen-bond donors (Lipinski definition) is 0. The van der Waals surface area contributed by atoms with Crippen LogP contribution in [0.5, 0.6) is 23.0 Å². The average molecular weight is 921 g/mol. The third-order valence-corrected chi connectivity index (χ3v) is 14.5. The van der Waals surface area contributed by atoms with Crippen LogP contribution in [0.3, 0.4) is 0 Å². The summed E-state index contributed by atoms with van der Waals surface area (Å²) >= 11 is 0. The van der Waals surface area contributed by atoms with Crippen molar-refractivity contribution in [1.82, 2.24) is 0 Å². The minimum Gasteiger partial charge on any atom is -0.493 e. The highest BCUT2D eigenvalue weighted by atomic mass is 16.5. The molecular formula is C66H64O4. The van der Waals surface area contributed by atoms with Crippen LogP contribution in [0.25, 0.3) is 22.3 Å². The molecule has 0 saturated carbocycles. The lowest BCUT2D eigenvalue weighted by atomic mass is 9.83. The van der Waals surface area contributed by atoms with Gasteiger partial charge < -0.3 is 18.9 Å². The van der Waals surface area contributed by atoms with E-state index >= 15 is 0 Å². The summed E-state index contributed by atoms with van der Waals surface area (Å²) in [6, 6.07) is 59.2. The Bertz CT molecular complexity index is 2800. The van der Waals surface area contributed by atoms with Crippen molar-refractivity contribution >= 4 is 0 Å². The highest BCUT2D eigenvalue weighted by Gasteiger charge is 2.33. The zero-order valence-electron chi connectivity index (χ0n) is 41.3. The van der Waals surface area contributed by atoms with Gasteiger partial charge in [0.2, 0.25) is 0 Å². The molecule has 0 unspecified atom stereocenters. The minimum atomic E-state index is 0.0829. The van der Waals surface area contributed by atoms with Gasteiger partial charge in [0.15, 0.2) is 0 Å². The molecule has 0 spiro atoms. The molecule has 0 amide bonds. The summed E-state index contributed by atoms with van der Waals surface area (Å²) in [5, 5.41) is 0. The Balaban J connectivity index is 1.16. The summed E-state index contributed by atoms with van der Waals surface area (Å²) in [7, 11) is 0. The zero-order valence-corrected chi connectivity index (χ0v) is 41.3. The highest BCUT2D eigenvalue weighted by Crippen LogP contribution is 2.52. The van der Waals surface area contributed by atoms with Gasteiger partial charge in [-0.15, -0.1) is 0 Å². The second-order valence-corrected chi connectivity index (χ2v) is 19.5. The van der Waals surface area contributed by atoms with Gasteiger partial charge in [-0.3, -0.25) is 0 Å². The Morgan fingerprint density at radius 2 is 0.543 bits per heavy atom. The number of ether oxygens (including phenoxy) is 4. The summed E-state index contributed by atoms with van der Waals surface area (Å²) in [5.41, 5.74) is 22.5. The van der Waals surface area contributed by atoms with E-state index in [1.54, 1.807) is 0 Å². The Morgan fingerprint density at radius 3 is 0.800 bits per heavy atom. The molecule has 0 N–H and O–H groups in total. The molecule has 3 aliphatic carbocycles. The predicted molar refractivity (Wildman–Crippen MR) is 286 cm³/mol. The maximum absolute atomic E-state index is 7.01. The molecule has 0 saturated heterocycles. The molecule has 3 aliphatic rings. The van der Waals surface area contributed by atoms with Crippen molar-refractivity contribution in [2.75, 3.05) is 26.4 Å². The molecule has 352 valence electrons. The Kier molecular flexibility index (Phi) is 13.1. The molecule has 4 nitrogen and oxygen atoms in total. The van der Waals surface area contributed by atoms with Crippen molar-refractivity contribution in [3.8, 4) is 45.3 Å². The van der Waals surface area contributed by atoms with E-state index in [-0.39, 0.29) is 11.8 Å². The Morgan fingerprint density at radius 1 is 0.300 bits per heavy atom. The first-order chi connectivity index (χ1) is 34.6. The molecule has 4 heteroatoms. The first-order valence-electron chi connectivity index (χ1n) is 26.0. The van der Waals surface area contributed by atoms with Crippen molar-refractivity contribution in [1.29, 1.82) is 0 Å². The zero-order chi connectivity index (χ0) is 47.6. The molecule has 70 heavy (non-hydrogen) atoms. The second-order valence-electron chi connectivity index (χ2n) is 19.5. The largest absolute Gasteiger partial charge is 0.493 e. The van der Waals surface area contributed by atoms with Gasteiger partial charge in [0.1, 0.15) is 23.0 Å². The molecule has 0 heterocycles. The molecule has 0 radical (unpaired) electrons. The van der Waals surface area contributed by atoms with E-state index < -0.39 is 0 Å². The van der Waals surface area contributed by atoms with Crippen molar-refractivity contribution in [3.63, 3.8) is 0 Å². The van der Waals surface area contributed by atoms with Crippen LogP contribution in [0.4, 0.5) is 0 Å². The fourth-order valence-electron chi connectivity index (χ4n) is 11.7. The molecule has 8 aromatic carbocycles. The molecule has 0 atom stereocenters. The number of para-hydroxylation sites is 2. The number of hydrogen-bond acceptors (Lipinski definition) is 4. The molecule has 11 rings (SSSR count). The van der Waals surface area contributed by atoms with Crippen molar-refractivity contribution in [2.24, 2.45) is 0 Å². The molecule has 0 aliphatic heterocycles. The summed E-state index contributed by atoms with van der Waals surface area (Å²) < 4.78 is 28.0. The first kappa shape index (κ1) is 45.4. The lowest BCUT2D eigenvalue weighted by molar-refractivity contribution is 0.304. The quantitative estimate of drug-likeness (QED) is 0.109. The third kappa shape index (κ3) is 8.46. The first-order valence-corrected chi connectivity index (χ1v) is 26.0. The fourth-order valence-corrected chi connectivity index (χ4v) is 11.7. The van der Waals surface area contributed by atoms with Gasteiger partial charge in [-0.1, -0.05) is 185 Å². The van der Waals surface area contributed by atoms with Crippen LogP contribution in [-0.4, -0.2) is 26.4 Å². The summed E-state index contributed by atoms with van der Waals surface area (Å²) in [6.45, 7) is 11.3. The monoisotopic (exact) mass is 920 g/mol. The van der Waals surface area contributed by atoms with Gasteiger partial charge in [0.05, 0.1) is 26.4 Å². The third-order valence-electron chi connectivity index (χ3n) is 14.5. The highest BCUT2D eigenvalue weighted by molar-refractivity contribution is 5.82. The van der Waals surface area contributed by atoms with Crippen LogP contribution >= 0.6 is 0 Å². The Labute approximate surface area is 415 Å². The van der Waals surface area contributed by atoms with Crippen molar-refractivity contribution in [3.05, 3.63) is 236 Å². The number of rotatable bonds is 14. The lowest BCUT2D eigenvalue weighted by Crippen LogP contribution is -2.12. The number of fused-ring (bicyclic) bond motifs is 14. The minimum absolute atomic E-state index is 0.0829. The maximum atomic E-state index is 7.01. The molecule has 8 bridgehead atoms. The smallest absolute Gasteiger partial charge is 0.126 e. The standard InChI is InChI=1S/C66H64O4/c1-5-31-67-63-43-19-17-20-44(63)36-50-40-48(62-59-29-15-11-25-55(59)56-26-12-16-30-60(56)62)42-52(66(50)70-34-8-4)38-46-22-18-21-45(64(46)68-32-6-2)37-51-41-47(39-49(35-43)65(51)69-33-7-3)61-57-27-13-9-23-53(57)54-24-10-14-28-58(54)61/h9-30,39-42,61-62H,5-8,31-38H2,1-4H3. The van der Waals surface area contributed by atoms with Crippen LogP contribution in [0.2, 0.25) is 0 Å². The van der Waals surface area contributed by atoms with Crippen molar-refractivity contribution < 1.29 is 18.9 Å². The van der Waals surface area contributed by atoms with Gasteiger partial charge >= 0.3 is 0 Å². The summed E-state index contributed by atoms with van der Waals surface area (Å²) in [4.78, 5) is 0. The lowest BCUT2D eigenvalue weighted by Gasteiger charge is -2.25. The van der Waals surface area contributed by atoms with Crippen LogP contribution in [0, 0.1) is 0 Å². The van der Waals surface area contributed by atoms with Gasteiger partial charge in [-0.05, 0) is 126 Å². The van der Waals surface area contributed by atoms with E-state index in [0.29, 0.717) is 52.1 Å². The Hall–Kier alpha value is -7.04. The van der Waals surface area contributed by atoms with Crippen LogP contribution in [0.15, 0.2) is 158 Å². The summed E-state index contributed by atoms with van der Waals surface area (Å²) in [6.07, 6.45) is 6.25. The maximum Gasteiger partial charge on any atom is 0.126 e. The van der Waals surface area contributed by atoms with Crippen LogP contribution in [-0.2, 0) is 25.7 Å². The van der Waals surface area contributed by atoms with E-state index in [2.05, 4.69) is 185 Å². The van der Waals surface area contributed by atoms with E-state index in [9.17, 15) is 0 Å². The SMILES string of the molecule is CCCOc1c2cccc1Cc1cc(C3c4ccccc4-c4ccccc43)cc(c1OCCC)Cc1cccc(c1OCCC)Cc1cc(C3c4ccccc4-c4ccccc43)cc(c1OCCC)C2. The summed E-state index contributed by atoms with van der Waals surface area (Å²) in [5.74, 6) is 4.04. The van der Waals surface area contributed by atoms with E-state index in [4.69, 9.17) is 18.9 Å². The average Bonchev–Trinajstić information content (AvgIpc) is 3.91. The molecular weight excluding hydrogens is 857 g/mol. The molecule has 8 aromatic rings. The van der Waals surface area contributed by atoms with Gasteiger partial charge in [-0.25, -0.2) is 0 Å². The second kappa shape index (κ2) is 20.1. The van der Waals surface area contributed by atoms with Gasteiger partial charge in [0.25, 0.3) is 0 Å². The molecule has 0 aromatic heterocycles. The van der Waals surface area contributed by atoms with Gasteiger partial charge in [-0.2, -0.15) is 0 Å². The fraction of sp³-hybridized carbons (Fsp3) is 0.273. The number of benzene rings is 8. The van der Waals surface area contributed by atoms with E-state index in [0.717, 1.165) is 70.9 Å². The predicted octanol–water partition coefficient (Wildman–Crippen LogP) is 15.8. The molecule has 0 fully saturated rings. The van der Waals surface area contributed by atoms with Crippen molar-refractivity contribution in [2.45, 2.75) is 90.9 Å².